The van der Waals surface area contributed by atoms with Gasteiger partial charge in [-0.2, -0.15) is 0 Å². The van der Waals surface area contributed by atoms with Crippen LogP contribution in [-0.2, 0) is 9.59 Å². The fourth-order valence-corrected chi connectivity index (χ4v) is 2.21. The van der Waals surface area contributed by atoms with Crippen molar-refractivity contribution in [3.63, 3.8) is 0 Å². The Kier molecular flexibility index (Phi) is 5.79. The SMILES string of the molecule is CC(C)CN(CC(=O)N1CCC(=O)CC1)C(C)C. The molecular formula is C14H26N2O2. The Labute approximate surface area is 110 Å². The van der Waals surface area contributed by atoms with E-state index < -0.39 is 0 Å². The number of hydrogen-bond acceptors (Lipinski definition) is 3. The van der Waals surface area contributed by atoms with Crippen molar-refractivity contribution >= 4 is 11.7 Å². The molecule has 0 radical (unpaired) electrons. The minimum absolute atomic E-state index is 0.164. The van der Waals surface area contributed by atoms with Gasteiger partial charge in [-0.25, -0.2) is 0 Å². The maximum absolute atomic E-state index is 12.2. The largest absolute Gasteiger partial charge is 0.341 e. The van der Waals surface area contributed by atoms with Gasteiger partial charge in [0, 0.05) is 38.5 Å². The molecule has 1 amide bonds. The molecule has 4 heteroatoms. The third-order valence-corrected chi connectivity index (χ3v) is 3.34. The second-order valence-electron chi connectivity index (χ2n) is 5.84. The Morgan fingerprint density at radius 3 is 2.22 bits per heavy atom. The van der Waals surface area contributed by atoms with Gasteiger partial charge < -0.3 is 4.90 Å². The van der Waals surface area contributed by atoms with Gasteiger partial charge in [0.1, 0.15) is 5.78 Å². The van der Waals surface area contributed by atoms with E-state index in [0.717, 1.165) is 6.54 Å². The van der Waals surface area contributed by atoms with Crippen molar-refractivity contribution in [2.45, 2.75) is 46.6 Å². The molecule has 0 aliphatic carbocycles. The summed E-state index contributed by atoms with van der Waals surface area (Å²) in [4.78, 5) is 27.4. The number of amides is 1. The molecule has 0 saturated carbocycles. The smallest absolute Gasteiger partial charge is 0.236 e. The van der Waals surface area contributed by atoms with Gasteiger partial charge in [0.15, 0.2) is 0 Å². The highest BCUT2D eigenvalue weighted by molar-refractivity contribution is 5.84. The van der Waals surface area contributed by atoms with E-state index in [0.29, 0.717) is 44.4 Å². The molecule has 0 unspecified atom stereocenters. The van der Waals surface area contributed by atoms with Crippen molar-refractivity contribution < 1.29 is 9.59 Å². The Bertz CT molecular complexity index is 290. The zero-order valence-electron chi connectivity index (χ0n) is 12.1. The van der Waals surface area contributed by atoms with Gasteiger partial charge in [0.05, 0.1) is 6.54 Å². The lowest BCUT2D eigenvalue weighted by atomic mass is 10.1. The highest BCUT2D eigenvalue weighted by atomic mass is 16.2. The highest BCUT2D eigenvalue weighted by Crippen LogP contribution is 2.09. The van der Waals surface area contributed by atoms with Crippen LogP contribution in [0.1, 0.15) is 40.5 Å². The van der Waals surface area contributed by atoms with Crippen molar-refractivity contribution in [3.05, 3.63) is 0 Å². The summed E-state index contributed by atoms with van der Waals surface area (Å²) in [5.41, 5.74) is 0. The van der Waals surface area contributed by atoms with Crippen LogP contribution < -0.4 is 0 Å². The summed E-state index contributed by atoms with van der Waals surface area (Å²) in [5, 5.41) is 0. The minimum atomic E-state index is 0.164. The number of rotatable bonds is 5. The molecule has 0 aromatic rings. The predicted octanol–water partition coefficient (Wildman–Crippen LogP) is 1.54. The lowest BCUT2D eigenvalue weighted by molar-refractivity contribution is -0.136. The van der Waals surface area contributed by atoms with E-state index in [1.54, 1.807) is 0 Å². The standard InChI is InChI=1S/C14H26N2O2/c1-11(2)9-16(12(3)4)10-14(18)15-7-5-13(17)6-8-15/h11-12H,5-10H2,1-4H3. The monoisotopic (exact) mass is 254 g/mol. The Morgan fingerprint density at radius 2 is 1.78 bits per heavy atom. The van der Waals surface area contributed by atoms with Crippen LogP contribution >= 0.6 is 0 Å². The van der Waals surface area contributed by atoms with E-state index in [2.05, 4.69) is 32.6 Å². The maximum Gasteiger partial charge on any atom is 0.236 e. The summed E-state index contributed by atoms with van der Waals surface area (Å²) in [5.74, 6) is 1.00. The fraction of sp³-hybridized carbons (Fsp3) is 0.857. The first-order valence-electron chi connectivity index (χ1n) is 6.93. The van der Waals surface area contributed by atoms with E-state index in [9.17, 15) is 9.59 Å². The van der Waals surface area contributed by atoms with Crippen molar-refractivity contribution in [2.24, 2.45) is 5.92 Å². The topological polar surface area (TPSA) is 40.6 Å². The van der Waals surface area contributed by atoms with Crippen molar-refractivity contribution in [3.8, 4) is 0 Å². The highest BCUT2D eigenvalue weighted by Gasteiger charge is 2.23. The van der Waals surface area contributed by atoms with Gasteiger partial charge in [-0.1, -0.05) is 13.8 Å². The Morgan fingerprint density at radius 1 is 1.22 bits per heavy atom. The molecule has 4 nitrogen and oxygen atoms in total. The molecule has 0 N–H and O–H groups in total. The molecule has 0 aromatic carbocycles. The first-order valence-corrected chi connectivity index (χ1v) is 6.93. The molecular weight excluding hydrogens is 228 g/mol. The summed E-state index contributed by atoms with van der Waals surface area (Å²) < 4.78 is 0. The molecule has 1 aliphatic rings. The molecule has 1 aliphatic heterocycles. The molecule has 1 heterocycles. The molecule has 1 fully saturated rings. The summed E-state index contributed by atoms with van der Waals surface area (Å²) in [6, 6.07) is 0.378. The van der Waals surface area contributed by atoms with Gasteiger partial charge in [-0.15, -0.1) is 0 Å². The Balaban J connectivity index is 2.48. The quantitative estimate of drug-likeness (QED) is 0.747. The number of Topliss-reactive ketones (excluding diaryl/α,β-unsaturated/α-hetero) is 1. The van der Waals surface area contributed by atoms with Crippen LogP contribution in [0.25, 0.3) is 0 Å². The van der Waals surface area contributed by atoms with E-state index in [1.165, 1.54) is 0 Å². The second kappa shape index (κ2) is 6.88. The van der Waals surface area contributed by atoms with Crippen LogP contribution in [0.4, 0.5) is 0 Å². The average molecular weight is 254 g/mol. The van der Waals surface area contributed by atoms with Crippen LogP contribution in [0.2, 0.25) is 0 Å². The van der Waals surface area contributed by atoms with Crippen molar-refractivity contribution in [1.82, 2.24) is 9.80 Å². The third-order valence-electron chi connectivity index (χ3n) is 3.34. The minimum Gasteiger partial charge on any atom is -0.341 e. The van der Waals surface area contributed by atoms with E-state index >= 15 is 0 Å². The normalized spacial score (nSPS) is 17.1. The average Bonchev–Trinajstić information content (AvgIpc) is 2.28. The fourth-order valence-electron chi connectivity index (χ4n) is 2.21. The second-order valence-corrected chi connectivity index (χ2v) is 5.84. The first kappa shape index (κ1) is 15.2. The van der Waals surface area contributed by atoms with Gasteiger partial charge in [-0.05, 0) is 19.8 Å². The number of carbonyl (C=O) groups excluding carboxylic acids is 2. The third kappa shape index (κ3) is 4.77. The molecule has 0 spiro atoms. The molecule has 18 heavy (non-hydrogen) atoms. The number of ketones is 1. The van der Waals surface area contributed by atoms with E-state index in [4.69, 9.17) is 0 Å². The number of piperidine rings is 1. The summed E-state index contributed by atoms with van der Waals surface area (Å²) in [6.45, 7) is 11.2. The van der Waals surface area contributed by atoms with Gasteiger partial charge >= 0.3 is 0 Å². The molecule has 0 atom stereocenters. The lowest BCUT2D eigenvalue weighted by Gasteiger charge is -2.32. The van der Waals surface area contributed by atoms with Crippen molar-refractivity contribution in [1.29, 1.82) is 0 Å². The van der Waals surface area contributed by atoms with E-state index in [1.807, 2.05) is 4.90 Å². The van der Waals surface area contributed by atoms with Crippen LogP contribution in [0.5, 0.6) is 0 Å². The number of hydrogen-bond donors (Lipinski definition) is 0. The number of likely N-dealkylation sites (tertiary alicyclic amines) is 1. The van der Waals surface area contributed by atoms with Gasteiger partial charge in [0.25, 0.3) is 0 Å². The van der Waals surface area contributed by atoms with E-state index in [-0.39, 0.29) is 11.7 Å². The molecule has 0 aromatic heterocycles. The summed E-state index contributed by atoms with van der Waals surface area (Å²) >= 11 is 0. The van der Waals surface area contributed by atoms with Crippen LogP contribution in [-0.4, -0.2) is 53.7 Å². The van der Waals surface area contributed by atoms with Crippen LogP contribution in [0.3, 0.4) is 0 Å². The van der Waals surface area contributed by atoms with Gasteiger partial charge in [-0.3, -0.25) is 14.5 Å². The maximum atomic E-state index is 12.2. The van der Waals surface area contributed by atoms with Crippen LogP contribution in [0, 0.1) is 5.92 Å². The molecule has 1 rings (SSSR count). The summed E-state index contributed by atoms with van der Waals surface area (Å²) in [7, 11) is 0. The molecule has 104 valence electrons. The zero-order chi connectivity index (χ0) is 13.7. The number of nitrogens with zero attached hydrogens (tertiary/aromatic N) is 2. The molecule has 0 bridgehead atoms. The Hall–Kier alpha value is -0.900. The zero-order valence-corrected chi connectivity index (χ0v) is 12.1. The summed E-state index contributed by atoms with van der Waals surface area (Å²) in [6.07, 6.45) is 1.05. The predicted molar refractivity (Wildman–Crippen MR) is 72.4 cm³/mol. The van der Waals surface area contributed by atoms with Crippen LogP contribution in [0.15, 0.2) is 0 Å². The first-order chi connectivity index (χ1) is 8.40. The lowest BCUT2D eigenvalue weighted by Crippen LogP contribution is -2.46. The number of carbonyl (C=O) groups is 2. The molecule has 1 saturated heterocycles. The van der Waals surface area contributed by atoms with Crippen molar-refractivity contribution in [2.75, 3.05) is 26.2 Å². The van der Waals surface area contributed by atoms with Gasteiger partial charge in [0.2, 0.25) is 5.91 Å².